The van der Waals surface area contributed by atoms with Gasteiger partial charge in [-0.1, -0.05) is 0 Å². The van der Waals surface area contributed by atoms with Crippen molar-refractivity contribution in [3.05, 3.63) is 0 Å². The molecule has 0 aromatic rings. The zero-order valence-corrected chi connectivity index (χ0v) is 7.21. The molecule has 1 unspecified atom stereocenters. The summed E-state index contributed by atoms with van der Waals surface area (Å²) in [6.07, 6.45) is 0. The Bertz CT molecular complexity index is 201. The molecular weight excluding hydrogens is 174 g/mol. The van der Waals surface area contributed by atoms with Crippen LogP contribution in [0.1, 0.15) is 0 Å². The van der Waals surface area contributed by atoms with Crippen LogP contribution in [-0.2, 0) is 14.3 Å². The summed E-state index contributed by atoms with van der Waals surface area (Å²) < 4.78 is 5.07. The van der Waals surface area contributed by atoms with Crippen LogP contribution in [0.4, 0.5) is 0 Å². The Hall–Kier alpha value is -1.14. The van der Waals surface area contributed by atoms with E-state index < -0.39 is 5.91 Å². The summed E-state index contributed by atoms with van der Waals surface area (Å²) in [5.41, 5.74) is 4.86. The van der Waals surface area contributed by atoms with Gasteiger partial charge in [-0.05, 0) is 0 Å². The maximum Gasteiger partial charge on any atom is 0.239 e. The van der Waals surface area contributed by atoms with Crippen LogP contribution in [-0.4, -0.2) is 44.2 Å². The fourth-order valence-electron chi connectivity index (χ4n) is 1.03. The van der Waals surface area contributed by atoms with Gasteiger partial charge in [-0.25, -0.2) is 0 Å². The molecule has 13 heavy (non-hydrogen) atoms. The van der Waals surface area contributed by atoms with Gasteiger partial charge in [-0.2, -0.15) is 0 Å². The number of rotatable bonds is 3. The average molecular weight is 187 g/mol. The second kappa shape index (κ2) is 4.78. The van der Waals surface area contributed by atoms with E-state index in [1.165, 1.54) is 0 Å². The van der Waals surface area contributed by atoms with Crippen LogP contribution >= 0.6 is 0 Å². The molecule has 0 spiro atoms. The highest BCUT2D eigenvalue weighted by molar-refractivity contribution is 5.86. The first-order chi connectivity index (χ1) is 6.20. The van der Waals surface area contributed by atoms with Gasteiger partial charge in [0, 0.05) is 6.54 Å². The van der Waals surface area contributed by atoms with Crippen molar-refractivity contribution in [1.29, 1.82) is 0 Å². The average Bonchev–Trinajstić information content (AvgIpc) is 2.15. The van der Waals surface area contributed by atoms with E-state index >= 15 is 0 Å². The standard InChI is InChI=1S/C7H13N3O3/c8-6(11)3-10-7(12)5-4-13-2-1-9-5/h5,9H,1-4H2,(H2,8,11)(H,10,12). The predicted octanol–water partition coefficient (Wildman–Crippen LogP) is -2.42. The molecule has 2 amide bonds. The van der Waals surface area contributed by atoms with E-state index in [0.717, 1.165) is 0 Å². The maximum atomic E-state index is 11.2. The van der Waals surface area contributed by atoms with Crippen LogP contribution in [0.2, 0.25) is 0 Å². The number of hydrogen-bond acceptors (Lipinski definition) is 4. The molecule has 1 rings (SSSR count). The van der Waals surface area contributed by atoms with E-state index in [1.54, 1.807) is 0 Å². The van der Waals surface area contributed by atoms with Crippen molar-refractivity contribution in [2.45, 2.75) is 6.04 Å². The molecule has 1 atom stereocenters. The lowest BCUT2D eigenvalue weighted by Gasteiger charge is -2.22. The first-order valence-electron chi connectivity index (χ1n) is 4.07. The number of primary amides is 1. The minimum absolute atomic E-state index is 0.128. The first kappa shape index (κ1) is 9.94. The van der Waals surface area contributed by atoms with Crippen molar-refractivity contribution < 1.29 is 14.3 Å². The third kappa shape index (κ3) is 3.39. The van der Waals surface area contributed by atoms with Gasteiger partial charge < -0.3 is 21.1 Å². The SMILES string of the molecule is NC(=O)CNC(=O)C1COCCN1. The molecule has 0 aromatic carbocycles. The lowest BCUT2D eigenvalue weighted by atomic mass is 10.2. The van der Waals surface area contributed by atoms with E-state index in [0.29, 0.717) is 19.8 Å². The topological polar surface area (TPSA) is 93.5 Å². The maximum absolute atomic E-state index is 11.2. The molecule has 1 heterocycles. The van der Waals surface area contributed by atoms with E-state index in [-0.39, 0.29) is 18.5 Å². The molecule has 1 aliphatic rings. The van der Waals surface area contributed by atoms with Gasteiger partial charge in [0.05, 0.1) is 19.8 Å². The smallest absolute Gasteiger partial charge is 0.239 e. The summed E-state index contributed by atoms with van der Waals surface area (Å²) in [4.78, 5) is 21.6. The van der Waals surface area contributed by atoms with Gasteiger partial charge in [0.1, 0.15) is 6.04 Å². The van der Waals surface area contributed by atoms with Crippen LogP contribution in [0.25, 0.3) is 0 Å². The van der Waals surface area contributed by atoms with Crippen molar-refractivity contribution in [2.75, 3.05) is 26.3 Å². The van der Waals surface area contributed by atoms with E-state index in [9.17, 15) is 9.59 Å². The Labute approximate surface area is 75.8 Å². The molecule has 0 bridgehead atoms. The van der Waals surface area contributed by atoms with Gasteiger partial charge in [0.25, 0.3) is 0 Å². The number of nitrogens with one attached hydrogen (secondary N) is 2. The van der Waals surface area contributed by atoms with Crippen LogP contribution < -0.4 is 16.4 Å². The number of ether oxygens (including phenoxy) is 1. The second-order valence-electron chi connectivity index (χ2n) is 2.77. The zero-order chi connectivity index (χ0) is 9.68. The molecule has 4 N–H and O–H groups in total. The van der Waals surface area contributed by atoms with Crippen LogP contribution in [0, 0.1) is 0 Å². The van der Waals surface area contributed by atoms with E-state index in [1.807, 2.05) is 0 Å². The molecule has 1 aliphatic heterocycles. The molecule has 0 aromatic heterocycles. The first-order valence-corrected chi connectivity index (χ1v) is 4.07. The third-order valence-corrected chi connectivity index (χ3v) is 1.67. The monoisotopic (exact) mass is 187 g/mol. The molecular formula is C7H13N3O3. The highest BCUT2D eigenvalue weighted by atomic mass is 16.5. The summed E-state index contributed by atoms with van der Waals surface area (Å²) in [6.45, 7) is 1.47. The van der Waals surface area contributed by atoms with Crippen LogP contribution in [0.15, 0.2) is 0 Å². The van der Waals surface area contributed by atoms with Gasteiger partial charge in [0.15, 0.2) is 0 Å². The Morgan fingerprint density at radius 3 is 2.92 bits per heavy atom. The normalized spacial score (nSPS) is 22.3. The molecule has 74 valence electrons. The summed E-state index contributed by atoms with van der Waals surface area (Å²) in [5, 5.41) is 5.35. The number of carbonyl (C=O) groups is 2. The van der Waals surface area contributed by atoms with Crippen LogP contribution in [0.3, 0.4) is 0 Å². The molecule has 0 saturated carbocycles. The molecule has 1 fully saturated rings. The Balaban J connectivity index is 2.25. The molecule has 6 nitrogen and oxygen atoms in total. The van der Waals surface area contributed by atoms with Crippen molar-refractivity contribution in [3.63, 3.8) is 0 Å². The highest BCUT2D eigenvalue weighted by Gasteiger charge is 2.20. The van der Waals surface area contributed by atoms with E-state index in [2.05, 4.69) is 10.6 Å². The highest BCUT2D eigenvalue weighted by Crippen LogP contribution is 1.92. The number of hydrogen-bond donors (Lipinski definition) is 3. The summed E-state index contributed by atoms with van der Waals surface area (Å²) in [5.74, 6) is -0.802. The fraction of sp³-hybridized carbons (Fsp3) is 0.714. The second-order valence-corrected chi connectivity index (χ2v) is 2.77. The van der Waals surface area contributed by atoms with E-state index in [4.69, 9.17) is 10.5 Å². The number of nitrogens with two attached hydrogens (primary N) is 1. The predicted molar refractivity (Wildman–Crippen MR) is 44.8 cm³/mol. The third-order valence-electron chi connectivity index (χ3n) is 1.67. The Morgan fingerprint density at radius 2 is 2.38 bits per heavy atom. The Morgan fingerprint density at radius 1 is 1.62 bits per heavy atom. The van der Waals surface area contributed by atoms with Crippen molar-refractivity contribution in [3.8, 4) is 0 Å². The molecule has 0 radical (unpaired) electrons. The number of morpholine rings is 1. The number of carbonyl (C=O) groups excluding carboxylic acids is 2. The Kier molecular flexibility index (Phi) is 3.66. The molecule has 6 heteroatoms. The van der Waals surface area contributed by atoms with Gasteiger partial charge in [0.2, 0.25) is 11.8 Å². The summed E-state index contributed by atoms with van der Waals surface area (Å²) >= 11 is 0. The fourth-order valence-corrected chi connectivity index (χ4v) is 1.03. The summed E-state index contributed by atoms with van der Waals surface area (Å²) in [6, 6.07) is -0.368. The molecule has 1 saturated heterocycles. The minimum atomic E-state index is -0.551. The van der Waals surface area contributed by atoms with Crippen molar-refractivity contribution in [1.82, 2.24) is 10.6 Å². The van der Waals surface area contributed by atoms with Gasteiger partial charge >= 0.3 is 0 Å². The van der Waals surface area contributed by atoms with Crippen LogP contribution in [0.5, 0.6) is 0 Å². The quantitative estimate of drug-likeness (QED) is 0.458. The number of amides is 2. The zero-order valence-electron chi connectivity index (χ0n) is 7.21. The van der Waals surface area contributed by atoms with Crippen molar-refractivity contribution in [2.24, 2.45) is 5.73 Å². The lowest BCUT2D eigenvalue weighted by Crippen LogP contribution is -2.52. The largest absolute Gasteiger partial charge is 0.378 e. The minimum Gasteiger partial charge on any atom is -0.378 e. The van der Waals surface area contributed by atoms with Gasteiger partial charge in [-0.3, -0.25) is 9.59 Å². The van der Waals surface area contributed by atoms with Crippen molar-refractivity contribution >= 4 is 11.8 Å². The lowest BCUT2D eigenvalue weighted by molar-refractivity contribution is -0.128. The summed E-state index contributed by atoms with van der Waals surface area (Å²) in [7, 11) is 0. The van der Waals surface area contributed by atoms with Gasteiger partial charge in [-0.15, -0.1) is 0 Å². The molecule has 0 aliphatic carbocycles.